The second-order valence-corrected chi connectivity index (χ2v) is 7.87. The number of ether oxygens (including phenoxy) is 2. The smallest absolute Gasteiger partial charge is 0.334 e. The van der Waals surface area contributed by atoms with Crippen LogP contribution in [0.3, 0.4) is 0 Å². The molecule has 1 aromatic heterocycles. The van der Waals surface area contributed by atoms with Crippen LogP contribution >= 0.6 is 0 Å². The predicted molar refractivity (Wildman–Crippen MR) is 101 cm³/mol. The minimum Gasteiger partial charge on any atom is -0.468 e. The first kappa shape index (κ1) is 19.5. The van der Waals surface area contributed by atoms with Crippen LogP contribution in [0.4, 0.5) is 0 Å². The Labute approximate surface area is 160 Å². The van der Waals surface area contributed by atoms with Gasteiger partial charge in [-0.3, -0.25) is 4.79 Å². The molecule has 0 saturated heterocycles. The summed E-state index contributed by atoms with van der Waals surface area (Å²) >= 11 is 0. The van der Waals surface area contributed by atoms with Gasteiger partial charge in [0, 0.05) is 42.2 Å². The molecule has 1 aromatic rings. The quantitative estimate of drug-likeness (QED) is 0.441. The summed E-state index contributed by atoms with van der Waals surface area (Å²) < 4.78 is 17.4. The van der Waals surface area contributed by atoms with Crippen molar-refractivity contribution in [3.05, 3.63) is 46.4 Å². The molecule has 27 heavy (non-hydrogen) atoms. The molecule has 0 radical (unpaired) electrons. The van der Waals surface area contributed by atoms with Crippen LogP contribution in [0.5, 0.6) is 0 Å². The molecule has 0 saturated carbocycles. The van der Waals surface area contributed by atoms with Crippen LogP contribution in [0.1, 0.15) is 64.0 Å². The van der Waals surface area contributed by atoms with E-state index < -0.39 is 11.5 Å². The summed E-state index contributed by atoms with van der Waals surface area (Å²) in [4.78, 5) is 24.2. The lowest BCUT2D eigenvalue weighted by atomic mass is 9.58. The van der Waals surface area contributed by atoms with E-state index in [4.69, 9.17) is 13.9 Å². The summed E-state index contributed by atoms with van der Waals surface area (Å²) in [6.45, 7) is 11.2. The molecule has 2 aliphatic carbocycles. The number of carbonyl (C=O) groups excluding carboxylic acids is 2. The number of carbonyl (C=O) groups is 2. The second-order valence-electron chi connectivity index (χ2n) is 7.87. The van der Waals surface area contributed by atoms with Crippen LogP contribution in [0.25, 0.3) is 0 Å². The fourth-order valence-corrected chi connectivity index (χ4v) is 4.36. The van der Waals surface area contributed by atoms with Crippen molar-refractivity contribution in [1.29, 1.82) is 0 Å². The largest absolute Gasteiger partial charge is 0.468 e. The molecule has 0 N–H and O–H groups in total. The fourth-order valence-electron chi connectivity index (χ4n) is 4.36. The van der Waals surface area contributed by atoms with E-state index in [0.717, 1.165) is 16.9 Å². The first-order valence-corrected chi connectivity index (χ1v) is 9.47. The molecule has 0 aromatic carbocycles. The van der Waals surface area contributed by atoms with Gasteiger partial charge in [0.25, 0.3) is 0 Å². The summed E-state index contributed by atoms with van der Waals surface area (Å²) in [5.41, 5.74) is 3.20. The van der Waals surface area contributed by atoms with Gasteiger partial charge in [0.15, 0.2) is 0 Å². The van der Waals surface area contributed by atoms with Crippen LogP contribution in [-0.4, -0.2) is 18.0 Å². The molecule has 0 fully saturated rings. The highest BCUT2D eigenvalue weighted by Gasteiger charge is 2.54. The van der Waals surface area contributed by atoms with E-state index in [1.807, 2.05) is 13.8 Å². The fraction of sp³-hybridized carbons (Fsp3) is 0.545. The molecule has 5 heteroatoms. The summed E-state index contributed by atoms with van der Waals surface area (Å²) in [7, 11) is 0. The van der Waals surface area contributed by atoms with Crippen LogP contribution < -0.4 is 0 Å². The van der Waals surface area contributed by atoms with Crippen molar-refractivity contribution in [2.45, 2.75) is 66.6 Å². The number of allylic oxidation sites excluding steroid dienone is 1. The highest BCUT2D eigenvalue weighted by Crippen LogP contribution is 2.58. The molecule has 2 aliphatic rings. The van der Waals surface area contributed by atoms with Gasteiger partial charge in [0.2, 0.25) is 0 Å². The van der Waals surface area contributed by atoms with Crippen molar-refractivity contribution in [3.8, 4) is 0 Å². The highest BCUT2D eigenvalue weighted by molar-refractivity contribution is 5.88. The van der Waals surface area contributed by atoms with Crippen LogP contribution in [0.15, 0.2) is 34.0 Å². The molecule has 0 amide bonds. The van der Waals surface area contributed by atoms with Crippen molar-refractivity contribution in [2.75, 3.05) is 0 Å². The maximum atomic E-state index is 12.6. The molecule has 5 nitrogen and oxygen atoms in total. The molecular weight excluding hydrogens is 344 g/mol. The third-order valence-corrected chi connectivity index (χ3v) is 6.35. The van der Waals surface area contributed by atoms with Crippen molar-refractivity contribution < 1.29 is 23.5 Å². The van der Waals surface area contributed by atoms with Crippen molar-refractivity contribution in [3.63, 3.8) is 0 Å². The number of rotatable bonds is 3. The van der Waals surface area contributed by atoms with Crippen molar-refractivity contribution >= 4 is 11.9 Å². The van der Waals surface area contributed by atoms with Gasteiger partial charge in [-0.15, -0.1) is 0 Å². The average molecular weight is 372 g/mol. The third kappa shape index (κ3) is 3.13. The zero-order chi connectivity index (χ0) is 19.9. The molecule has 1 heterocycles. The Balaban J connectivity index is 2.09. The van der Waals surface area contributed by atoms with Gasteiger partial charge in [-0.1, -0.05) is 31.6 Å². The minimum absolute atomic E-state index is 0.00689. The first-order valence-electron chi connectivity index (χ1n) is 9.47. The molecule has 4 atom stereocenters. The zero-order valence-electron chi connectivity index (χ0n) is 16.9. The summed E-state index contributed by atoms with van der Waals surface area (Å²) in [5, 5.41) is 0. The molecule has 0 spiro atoms. The Morgan fingerprint density at radius 2 is 2.00 bits per heavy atom. The SMILES string of the molecule is C/C=C(\C)C(=O)O[C@@H]1c2c(C)coc2CC2=CC[C@H](OC(C)=O)[C@H](C)[C@]21C. The Kier molecular flexibility index (Phi) is 5.06. The lowest BCUT2D eigenvalue weighted by molar-refractivity contribution is -0.164. The number of fused-ring (bicyclic) bond motifs is 2. The van der Waals surface area contributed by atoms with E-state index in [1.165, 1.54) is 12.5 Å². The molecule has 0 bridgehead atoms. The normalized spacial score (nSPS) is 30.1. The lowest BCUT2D eigenvalue weighted by Crippen LogP contribution is -2.48. The van der Waals surface area contributed by atoms with Gasteiger partial charge in [-0.25, -0.2) is 4.79 Å². The maximum Gasteiger partial charge on any atom is 0.334 e. The zero-order valence-corrected chi connectivity index (χ0v) is 16.9. The maximum absolute atomic E-state index is 12.6. The van der Waals surface area contributed by atoms with Crippen molar-refractivity contribution in [2.24, 2.45) is 11.3 Å². The van der Waals surface area contributed by atoms with Gasteiger partial charge >= 0.3 is 11.9 Å². The van der Waals surface area contributed by atoms with E-state index in [2.05, 4.69) is 19.9 Å². The topological polar surface area (TPSA) is 65.7 Å². The van der Waals surface area contributed by atoms with Crippen LogP contribution in [0.2, 0.25) is 0 Å². The number of hydrogen-bond acceptors (Lipinski definition) is 5. The van der Waals surface area contributed by atoms with E-state index in [9.17, 15) is 9.59 Å². The summed E-state index contributed by atoms with van der Waals surface area (Å²) in [5.74, 6) is 0.220. The molecule has 0 unspecified atom stereocenters. The Morgan fingerprint density at radius 3 is 2.63 bits per heavy atom. The van der Waals surface area contributed by atoms with Gasteiger partial charge < -0.3 is 13.9 Å². The molecule has 146 valence electrons. The number of aryl methyl sites for hydroxylation is 1. The molecule has 3 rings (SSSR count). The highest BCUT2D eigenvalue weighted by atomic mass is 16.6. The Hall–Kier alpha value is -2.30. The van der Waals surface area contributed by atoms with E-state index in [1.54, 1.807) is 19.3 Å². The third-order valence-electron chi connectivity index (χ3n) is 6.35. The van der Waals surface area contributed by atoms with Crippen molar-refractivity contribution in [1.82, 2.24) is 0 Å². The van der Waals surface area contributed by atoms with E-state index >= 15 is 0 Å². The Morgan fingerprint density at radius 1 is 1.30 bits per heavy atom. The monoisotopic (exact) mass is 372 g/mol. The van der Waals surface area contributed by atoms with Gasteiger partial charge in [-0.05, 0) is 26.3 Å². The number of esters is 2. The summed E-state index contributed by atoms with van der Waals surface area (Å²) in [6.07, 6.45) is 6.22. The second kappa shape index (κ2) is 7.02. The number of furan rings is 1. The predicted octanol–water partition coefficient (Wildman–Crippen LogP) is 4.60. The minimum atomic E-state index is -0.484. The van der Waals surface area contributed by atoms with Gasteiger partial charge in [-0.2, -0.15) is 0 Å². The lowest BCUT2D eigenvalue weighted by Gasteiger charge is -2.50. The summed E-state index contributed by atoms with van der Waals surface area (Å²) in [6, 6.07) is 0. The van der Waals surface area contributed by atoms with Gasteiger partial charge in [0.1, 0.15) is 18.0 Å². The number of hydrogen-bond donors (Lipinski definition) is 0. The van der Waals surface area contributed by atoms with Crippen LogP contribution in [0, 0.1) is 18.3 Å². The average Bonchev–Trinajstić information content (AvgIpc) is 2.98. The standard InChI is InChI=1S/C22H28O5/c1-7-12(2)21(24)27-20-19-13(3)11-25-18(19)10-16-8-9-17(26-15(5)23)14(4)22(16,20)6/h7-8,11,14,17,20H,9-10H2,1-6H3/b12-7+/t14-,17-,20+,22+/m0/s1. The Bertz CT molecular complexity index is 828. The molecule has 0 aliphatic heterocycles. The first-order chi connectivity index (χ1) is 12.7. The van der Waals surface area contributed by atoms with Gasteiger partial charge in [0.05, 0.1) is 6.26 Å². The van der Waals surface area contributed by atoms with E-state index in [-0.39, 0.29) is 24.0 Å². The van der Waals surface area contributed by atoms with Crippen LogP contribution in [-0.2, 0) is 25.5 Å². The molecular formula is C22H28O5. The van der Waals surface area contributed by atoms with E-state index in [0.29, 0.717) is 18.4 Å².